The van der Waals surface area contributed by atoms with E-state index in [4.69, 9.17) is 5.73 Å². The lowest BCUT2D eigenvalue weighted by atomic mass is 10.2. The molecule has 2 aromatic rings. The Morgan fingerprint density at radius 2 is 2.22 bits per heavy atom. The highest BCUT2D eigenvalue weighted by Gasteiger charge is 2.12. The Bertz CT molecular complexity index is 600. The molecule has 0 aliphatic heterocycles. The lowest BCUT2D eigenvalue weighted by molar-refractivity contribution is 0.102. The van der Waals surface area contributed by atoms with Crippen LogP contribution in [-0.4, -0.2) is 15.9 Å². The van der Waals surface area contributed by atoms with Gasteiger partial charge in [0.05, 0.1) is 23.6 Å². The first-order valence-corrected chi connectivity index (χ1v) is 5.21. The van der Waals surface area contributed by atoms with Crippen molar-refractivity contribution in [3.63, 3.8) is 0 Å². The summed E-state index contributed by atoms with van der Waals surface area (Å²) in [5.41, 5.74) is 6.85. The van der Waals surface area contributed by atoms with Crippen LogP contribution in [0.2, 0.25) is 0 Å². The maximum Gasteiger partial charge on any atom is 0.259 e. The summed E-state index contributed by atoms with van der Waals surface area (Å²) in [6, 6.07) is 2.92. The quantitative estimate of drug-likeness (QED) is 0.846. The Labute approximate surface area is 103 Å². The number of hydrogen-bond donors (Lipinski definition) is 2. The molecule has 18 heavy (non-hydrogen) atoms. The summed E-state index contributed by atoms with van der Waals surface area (Å²) in [6.07, 6.45) is 3.77. The number of anilines is 2. The van der Waals surface area contributed by atoms with E-state index in [0.717, 1.165) is 11.8 Å². The Balaban J connectivity index is 2.22. The number of carbonyl (C=O) groups is 1. The number of hydrogen-bond acceptors (Lipinski definition) is 4. The van der Waals surface area contributed by atoms with E-state index in [-0.39, 0.29) is 5.56 Å². The Morgan fingerprint density at radius 3 is 2.89 bits per heavy atom. The predicted molar refractivity (Wildman–Crippen MR) is 65.5 cm³/mol. The van der Waals surface area contributed by atoms with Gasteiger partial charge in [-0.25, -0.2) is 9.37 Å². The van der Waals surface area contributed by atoms with Gasteiger partial charge >= 0.3 is 0 Å². The van der Waals surface area contributed by atoms with Crippen LogP contribution in [0.4, 0.5) is 15.9 Å². The van der Waals surface area contributed by atoms with Crippen molar-refractivity contribution in [2.24, 2.45) is 0 Å². The molecule has 0 atom stereocenters. The van der Waals surface area contributed by atoms with Crippen molar-refractivity contribution in [3.8, 4) is 0 Å². The molecule has 5 nitrogen and oxygen atoms in total. The molecule has 0 saturated carbocycles. The molecule has 2 rings (SSSR count). The van der Waals surface area contributed by atoms with E-state index < -0.39 is 11.7 Å². The summed E-state index contributed by atoms with van der Waals surface area (Å²) in [5, 5.41) is 2.49. The number of amides is 1. The van der Waals surface area contributed by atoms with Gasteiger partial charge in [-0.2, -0.15) is 0 Å². The van der Waals surface area contributed by atoms with Crippen molar-refractivity contribution in [1.29, 1.82) is 0 Å². The molecule has 0 aromatic carbocycles. The molecule has 2 heterocycles. The zero-order valence-corrected chi connectivity index (χ0v) is 9.64. The fourth-order valence-corrected chi connectivity index (χ4v) is 1.38. The van der Waals surface area contributed by atoms with E-state index in [1.807, 2.05) is 0 Å². The molecule has 0 aliphatic rings. The third-order valence-corrected chi connectivity index (χ3v) is 2.41. The van der Waals surface area contributed by atoms with Crippen molar-refractivity contribution in [2.75, 3.05) is 11.1 Å². The van der Waals surface area contributed by atoms with Crippen LogP contribution in [-0.2, 0) is 0 Å². The molecular weight excluding hydrogens is 235 g/mol. The molecule has 3 N–H and O–H groups in total. The van der Waals surface area contributed by atoms with Crippen LogP contribution in [0, 0.1) is 12.7 Å². The minimum absolute atomic E-state index is 0.0821. The topological polar surface area (TPSA) is 80.9 Å². The van der Waals surface area contributed by atoms with Gasteiger partial charge in [0.2, 0.25) is 0 Å². The van der Waals surface area contributed by atoms with Gasteiger partial charge in [-0.05, 0) is 24.6 Å². The van der Waals surface area contributed by atoms with E-state index in [1.54, 1.807) is 13.0 Å². The van der Waals surface area contributed by atoms with Crippen LogP contribution in [0.5, 0.6) is 0 Å². The average molecular weight is 246 g/mol. The summed E-state index contributed by atoms with van der Waals surface area (Å²) in [7, 11) is 0. The summed E-state index contributed by atoms with van der Waals surface area (Å²) in [6.45, 7) is 1.79. The van der Waals surface area contributed by atoms with Crippen LogP contribution in [0.1, 0.15) is 15.9 Å². The van der Waals surface area contributed by atoms with Crippen molar-refractivity contribution < 1.29 is 9.18 Å². The molecular formula is C12H11FN4O. The van der Waals surface area contributed by atoms with Gasteiger partial charge in [0.1, 0.15) is 5.82 Å². The smallest absolute Gasteiger partial charge is 0.259 e. The molecule has 6 heteroatoms. The molecule has 92 valence electrons. The fraction of sp³-hybridized carbons (Fsp3) is 0.0833. The van der Waals surface area contributed by atoms with Gasteiger partial charge in [-0.1, -0.05) is 0 Å². The first-order valence-electron chi connectivity index (χ1n) is 5.21. The minimum atomic E-state index is -0.679. The molecule has 1 amide bonds. The number of aromatic nitrogens is 2. The van der Waals surface area contributed by atoms with Crippen LogP contribution in [0.25, 0.3) is 0 Å². The van der Waals surface area contributed by atoms with Crippen LogP contribution >= 0.6 is 0 Å². The second-order valence-electron chi connectivity index (χ2n) is 3.74. The molecule has 0 saturated heterocycles. The highest BCUT2D eigenvalue weighted by molar-refractivity contribution is 6.03. The lowest BCUT2D eigenvalue weighted by Crippen LogP contribution is -2.15. The normalized spacial score (nSPS) is 10.1. The second-order valence-corrected chi connectivity index (χ2v) is 3.74. The standard InChI is InChI=1S/C12H11FN4O/c1-7-4-11(16-6-10(7)14)17-12(18)8-2-3-15-5-9(8)13/h2-6H,14H2,1H3,(H,16,17,18). The molecule has 0 spiro atoms. The molecule has 2 aromatic heterocycles. The number of carbonyl (C=O) groups excluding carboxylic acids is 1. The Morgan fingerprint density at radius 1 is 1.44 bits per heavy atom. The average Bonchev–Trinajstić information content (AvgIpc) is 2.34. The van der Waals surface area contributed by atoms with E-state index in [0.29, 0.717) is 11.5 Å². The number of rotatable bonds is 2. The molecule has 0 fully saturated rings. The number of halogens is 1. The van der Waals surface area contributed by atoms with Gasteiger partial charge in [0, 0.05) is 6.20 Å². The summed E-state index contributed by atoms with van der Waals surface area (Å²) in [5.74, 6) is -0.934. The van der Waals surface area contributed by atoms with Crippen LogP contribution in [0.3, 0.4) is 0 Å². The van der Waals surface area contributed by atoms with Gasteiger partial charge < -0.3 is 11.1 Å². The van der Waals surface area contributed by atoms with Crippen LogP contribution < -0.4 is 11.1 Å². The number of nitrogens with zero attached hydrogens (tertiary/aromatic N) is 2. The van der Waals surface area contributed by atoms with E-state index >= 15 is 0 Å². The molecule has 0 aliphatic carbocycles. The summed E-state index contributed by atoms with van der Waals surface area (Å²) < 4.78 is 13.3. The van der Waals surface area contributed by atoms with Crippen LogP contribution in [0.15, 0.2) is 30.7 Å². The Hall–Kier alpha value is -2.50. The third kappa shape index (κ3) is 2.42. The van der Waals surface area contributed by atoms with E-state index in [9.17, 15) is 9.18 Å². The van der Waals surface area contributed by atoms with Crippen molar-refractivity contribution in [3.05, 3.63) is 47.7 Å². The first kappa shape index (κ1) is 12.0. The van der Waals surface area contributed by atoms with Crippen molar-refractivity contribution >= 4 is 17.4 Å². The SMILES string of the molecule is Cc1cc(NC(=O)c2ccncc2F)ncc1N. The second kappa shape index (κ2) is 4.79. The summed E-state index contributed by atoms with van der Waals surface area (Å²) in [4.78, 5) is 19.3. The number of aryl methyl sites for hydroxylation is 1. The zero-order valence-electron chi connectivity index (χ0n) is 9.64. The zero-order chi connectivity index (χ0) is 13.1. The van der Waals surface area contributed by atoms with E-state index in [2.05, 4.69) is 15.3 Å². The highest BCUT2D eigenvalue weighted by Crippen LogP contribution is 2.14. The maximum absolute atomic E-state index is 13.3. The van der Waals surface area contributed by atoms with E-state index in [1.165, 1.54) is 18.5 Å². The lowest BCUT2D eigenvalue weighted by Gasteiger charge is -2.06. The Kier molecular flexibility index (Phi) is 3.18. The fourth-order valence-electron chi connectivity index (χ4n) is 1.38. The minimum Gasteiger partial charge on any atom is -0.397 e. The largest absolute Gasteiger partial charge is 0.397 e. The highest BCUT2D eigenvalue weighted by atomic mass is 19.1. The maximum atomic E-state index is 13.3. The molecule has 0 radical (unpaired) electrons. The van der Waals surface area contributed by atoms with Crippen molar-refractivity contribution in [1.82, 2.24) is 9.97 Å². The molecule has 0 unspecified atom stereocenters. The first-order chi connectivity index (χ1) is 8.58. The number of nitrogen functional groups attached to an aromatic ring is 1. The molecule has 0 bridgehead atoms. The van der Waals surface area contributed by atoms with Crippen molar-refractivity contribution in [2.45, 2.75) is 6.92 Å². The van der Waals surface area contributed by atoms with Gasteiger partial charge in [0.25, 0.3) is 5.91 Å². The number of pyridine rings is 2. The van der Waals surface area contributed by atoms with Gasteiger partial charge in [-0.3, -0.25) is 9.78 Å². The van der Waals surface area contributed by atoms with Gasteiger partial charge in [-0.15, -0.1) is 0 Å². The monoisotopic (exact) mass is 246 g/mol. The van der Waals surface area contributed by atoms with Gasteiger partial charge in [0.15, 0.2) is 5.82 Å². The summed E-state index contributed by atoms with van der Waals surface area (Å²) >= 11 is 0. The predicted octanol–water partition coefficient (Wildman–Crippen LogP) is 1.76. The number of nitrogens with two attached hydrogens (primary N) is 1. The number of nitrogens with one attached hydrogen (secondary N) is 1. The third-order valence-electron chi connectivity index (χ3n) is 2.41.